The van der Waals surface area contributed by atoms with E-state index < -0.39 is 0 Å². The average molecular weight is 233 g/mol. The molecule has 1 N–H and O–H groups in total. The van der Waals surface area contributed by atoms with E-state index in [-0.39, 0.29) is 0 Å². The van der Waals surface area contributed by atoms with Crippen LogP contribution >= 0.6 is 0 Å². The van der Waals surface area contributed by atoms with Gasteiger partial charge in [0.05, 0.1) is 0 Å². The van der Waals surface area contributed by atoms with Gasteiger partial charge in [-0.3, -0.25) is 0 Å². The quantitative estimate of drug-likeness (QED) is 0.866. The summed E-state index contributed by atoms with van der Waals surface area (Å²) in [5, 5.41) is 3.35. The Morgan fingerprint density at radius 2 is 2.00 bits per heavy atom. The van der Waals surface area contributed by atoms with E-state index >= 15 is 0 Å². The van der Waals surface area contributed by atoms with Crippen LogP contribution in [-0.2, 0) is 6.54 Å². The van der Waals surface area contributed by atoms with E-state index in [0.29, 0.717) is 0 Å². The average Bonchev–Trinajstić information content (AvgIpc) is 2.38. The lowest BCUT2D eigenvalue weighted by Gasteiger charge is -2.28. The van der Waals surface area contributed by atoms with Crippen molar-refractivity contribution in [2.24, 2.45) is 0 Å². The van der Waals surface area contributed by atoms with E-state index in [9.17, 15) is 0 Å². The van der Waals surface area contributed by atoms with Crippen molar-refractivity contribution in [1.82, 2.24) is 10.3 Å². The van der Waals surface area contributed by atoms with Gasteiger partial charge in [-0.1, -0.05) is 13.0 Å². The normalized spacial score (nSPS) is 16.2. The van der Waals surface area contributed by atoms with Crippen LogP contribution in [0.1, 0.15) is 37.4 Å². The Balaban J connectivity index is 2.06. The standard InChI is InChI=1S/C14H23N3/c1-3-15-11-13-7-8-14(16-12(13)2)17-9-5-4-6-10-17/h7-8,15H,3-6,9-11H2,1-2H3. The van der Waals surface area contributed by atoms with Crippen LogP contribution in [0.3, 0.4) is 0 Å². The maximum Gasteiger partial charge on any atom is 0.128 e. The molecule has 0 atom stereocenters. The van der Waals surface area contributed by atoms with Crippen LogP contribution in [0.25, 0.3) is 0 Å². The molecule has 3 heteroatoms. The zero-order chi connectivity index (χ0) is 12.1. The highest BCUT2D eigenvalue weighted by Gasteiger charge is 2.12. The summed E-state index contributed by atoms with van der Waals surface area (Å²) in [7, 11) is 0. The van der Waals surface area contributed by atoms with Crippen molar-refractivity contribution < 1.29 is 0 Å². The molecule has 1 aromatic rings. The Morgan fingerprint density at radius 1 is 1.24 bits per heavy atom. The minimum atomic E-state index is 0.926. The highest BCUT2D eigenvalue weighted by molar-refractivity contribution is 5.42. The molecular weight excluding hydrogens is 210 g/mol. The number of piperidine rings is 1. The van der Waals surface area contributed by atoms with E-state index in [1.165, 1.54) is 37.9 Å². The maximum atomic E-state index is 4.74. The van der Waals surface area contributed by atoms with Gasteiger partial charge in [0, 0.05) is 25.3 Å². The van der Waals surface area contributed by atoms with Gasteiger partial charge in [0.2, 0.25) is 0 Å². The smallest absolute Gasteiger partial charge is 0.128 e. The summed E-state index contributed by atoms with van der Waals surface area (Å²) in [6.07, 6.45) is 3.98. The molecule has 2 heterocycles. The first-order valence-electron chi connectivity index (χ1n) is 6.73. The van der Waals surface area contributed by atoms with Gasteiger partial charge in [0.1, 0.15) is 5.82 Å². The molecule has 0 aliphatic carbocycles. The van der Waals surface area contributed by atoms with Crippen molar-refractivity contribution in [2.75, 3.05) is 24.5 Å². The minimum absolute atomic E-state index is 0.926. The number of hydrogen-bond acceptors (Lipinski definition) is 3. The Hall–Kier alpha value is -1.09. The number of nitrogens with zero attached hydrogens (tertiary/aromatic N) is 2. The molecule has 94 valence electrons. The molecule has 0 bridgehead atoms. The SMILES string of the molecule is CCNCc1ccc(N2CCCCC2)nc1C. The monoisotopic (exact) mass is 233 g/mol. The molecule has 1 fully saturated rings. The molecule has 0 unspecified atom stereocenters. The third-order valence-electron chi connectivity index (χ3n) is 3.43. The molecule has 0 aromatic carbocycles. The Morgan fingerprint density at radius 3 is 2.65 bits per heavy atom. The van der Waals surface area contributed by atoms with Gasteiger partial charge in [0.15, 0.2) is 0 Å². The zero-order valence-corrected chi connectivity index (χ0v) is 11.0. The van der Waals surface area contributed by atoms with Crippen LogP contribution in [0, 0.1) is 6.92 Å². The fraction of sp³-hybridized carbons (Fsp3) is 0.643. The lowest BCUT2D eigenvalue weighted by atomic mass is 10.1. The number of aromatic nitrogens is 1. The molecule has 2 rings (SSSR count). The van der Waals surface area contributed by atoms with Gasteiger partial charge in [-0.2, -0.15) is 0 Å². The lowest BCUT2D eigenvalue weighted by molar-refractivity contribution is 0.572. The highest BCUT2D eigenvalue weighted by Crippen LogP contribution is 2.19. The van der Waals surface area contributed by atoms with Gasteiger partial charge >= 0.3 is 0 Å². The number of rotatable bonds is 4. The lowest BCUT2D eigenvalue weighted by Crippen LogP contribution is -2.30. The first kappa shape index (κ1) is 12.4. The van der Waals surface area contributed by atoms with Crippen LogP contribution in [0.5, 0.6) is 0 Å². The largest absolute Gasteiger partial charge is 0.357 e. The van der Waals surface area contributed by atoms with Gasteiger partial charge in [0.25, 0.3) is 0 Å². The topological polar surface area (TPSA) is 28.2 Å². The first-order chi connectivity index (χ1) is 8.31. The molecule has 1 aromatic heterocycles. The highest BCUT2D eigenvalue weighted by atomic mass is 15.2. The van der Waals surface area contributed by atoms with Crippen LogP contribution in [0.4, 0.5) is 5.82 Å². The van der Waals surface area contributed by atoms with Crippen LogP contribution < -0.4 is 10.2 Å². The maximum absolute atomic E-state index is 4.74. The van der Waals surface area contributed by atoms with E-state index in [2.05, 4.69) is 36.2 Å². The van der Waals surface area contributed by atoms with E-state index in [1.54, 1.807) is 0 Å². The van der Waals surface area contributed by atoms with E-state index in [4.69, 9.17) is 4.98 Å². The van der Waals surface area contributed by atoms with Crippen LogP contribution in [0.15, 0.2) is 12.1 Å². The molecule has 1 saturated heterocycles. The zero-order valence-electron chi connectivity index (χ0n) is 11.0. The number of aryl methyl sites for hydroxylation is 1. The van der Waals surface area contributed by atoms with Crippen molar-refractivity contribution in [1.29, 1.82) is 0 Å². The van der Waals surface area contributed by atoms with E-state index in [1.807, 2.05) is 0 Å². The Bertz CT molecular complexity index is 356. The third-order valence-corrected chi connectivity index (χ3v) is 3.43. The summed E-state index contributed by atoms with van der Waals surface area (Å²) < 4.78 is 0. The van der Waals surface area contributed by atoms with E-state index in [0.717, 1.165) is 24.6 Å². The first-order valence-corrected chi connectivity index (χ1v) is 6.73. The van der Waals surface area contributed by atoms with Crippen LogP contribution in [0.2, 0.25) is 0 Å². The van der Waals surface area contributed by atoms with Crippen molar-refractivity contribution in [3.63, 3.8) is 0 Å². The summed E-state index contributed by atoms with van der Waals surface area (Å²) in [6.45, 7) is 8.51. The van der Waals surface area contributed by atoms with Crippen molar-refractivity contribution in [3.8, 4) is 0 Å². The van der Waals surface area contributed by atoms with Crippen molar-refractivity contribution >= 4 is 5.82 Å². The van der Waals surface area contributed by atoms with Gasteiger partial charge in [-0.05, 0) is 44.4 Å². The fourth-order valence-corrected chi connectivity index (χ4v) is 2.32. The Labute approximate surface area is 104 Å². The van der Waals surface area contributed by atoms with Crippen LogP contribution in [-0.4, -0.2) is 24.6 Å². The number of anilines is 1. The molecule has 1 aliphatic rings. The van der Waals surface area contributed by atoms with Gasteiger partial charge < -0.3 is 10.2 Å². The summed E-state index contributed by atoms with van der Waals surface area (Å²) >= 11 is 0. The minimum Gasteiger partial charge on any atom is -0.357 e. The number of pyridine rings is 1. The molecule has 3 nitrogen and oxygen atoms in total. The Kier molecular flexibility index (Phi) is 4.37. The summed E-state index contributed by atoms with van der Waals surface area (Å²) in [4.78, 5) is 7.15. The fourth-order valence-electron chi connectivity index (χ4n) is 2.32. The summed E-state index contributed by atoms with van der Waals surface area (Å²) in [5.41, 5.74) is 2.47. The second kappa shape index (κ2) is 6.01. The summed E-state index contributed by atoms with van der Waals surface area (Å²) in [6, 6.07) is 4.39. The molecule has 17 heavy (non-hydrogen) atoms. The predicted octanol–water partition coefficient (Wildman–Crippen LogP) is 2.49. The molecule has 0 amide bonds. The van der Waals surface area contributed by atoms with Crippen molar-refractivity contribution in [3.05, 3.63) is 23.4 Å². The number of hydrogen-bond donors (Lipinski definition) is 1. The molecular formula is C14H23N3. The molecule has 0 spiro atoms. The molecule has 1 aliphatic heterocycles. The summed E-state index contributed by atoms with van der Waals surface area (Å²) in [5.74, 6) is 1.16. The van der Waals surface area contributed by atoms with Gasteiger partial charge in [-0.25, -0.2) is 4.98 Å². The molecule has 0 radical (unpaired) electrons. The van der Waals surface area contributed by atoms with Gasteiger partial charge in [-0.15, -0.1) is 0 Å². The van der Waals surface area contributed by atoms with Crippen molar-refractivity contribution in [2.45, 2.75) is 39.7 Å². The second-order valence-corrected chi connectivity index (χ2v) is 4.74. The second-order valence-electron chi connectivity index (χ2n) is 4.74. The third kappa shape index (κ3) is 3.19. The molecule has 0 saturated carbocycles. The number of nitrogens with one attached hydrogen (secondary N) is 1. The predicted molar refractivity (Wildman–Crippen MR) is 72.4 cm³/mol.